The number of aryl methyl sites for hydroxylation is 1. The predicted octanol–water partition coefficient (Wildman–Crippen LogP) is 6.40. The molecule has 0 aliphatic heterocycles. The van der Waals surface area contributed by atoms with Crippen LogP contribution < -0.4 is 9.13 Å². The maximum absolute atomic E-state index is 11.0. The Morgan fingerprint density at radius 1 is 0.717 bits per heavy atom. The van der Waals surface area contributed by atoms with E-state index in [1.165, 1.54) is 22.3 Å². The second-order valence-electron chi connectivity index (χ2n) is 12.7. The van der Waals surface area contributed by atoms with Crippen molar-refractivity contribution in [3.05, 3.63) is 126 Å². The first-order valence-corrected chi connectivity index (χ1v) is 18.3. The van der Waals surface area contributed by atoms with Crippen LogP contribution in [0.3, 0.4) is 0 Å². The van der Waals surface area contributed by atoms with Gasteiger partial charge in [-0.15, -0.1) is 0 Å². The summed E-state index contributed by atoms with van der Waals surface area (Å²) in [4.78, 5) is 4.31. The van der Waals surface area contributed by atoms with E-state index in [4.69, 9.17) is 0 Å². The smallest absolute Gasteiger partial charge is 0.174 e. The van der Waals surface area contributed by atoms with Gasteiger partial charge in [-0.05, 0) is 90.2 Å². The Kier molecular flexibility index (Phi) is 13.4. The summed E-state index contributed by atoms with van der Waals surface area (Å²) >= 11 is 0. The summed E-state index contributed by atoms with van der Waals surface area (Å²) in [6.45, 7) is 7.63. The van der Waals surface area contributed by atoms with Crippen molar-refractivity contribution in [2.45, 2.75) is 102 Å². The van der Waals surface area contributed by atoms with Gasteiger partial charge in [-0.1, -0.05) is 51.1 Å². The lowest BCUT2D eigenvalue weighted by Gasteiger charge is -2.29. The number of rotatable bonds is 18. The second kappa shape index (κ2) is 17.5. The summed E-state index contributed by atoms with van der Waals surface area (Å²) in [5, 5.41) is 10.2. The van der Waals surface area contributed by atoms with E-state index in [0.717, 1.165) is 32.1 Å². The normalized spacial score (nSPS) is 15.2. The topological polar surface area (TPSA) is 98.1 Å². The molecule has 46 heavy (non-hydrogen) atoms. The number of aliphatic hydroxyl groups excluding tert-OH is 1. The summed E-state index contributed by atoms with van der Waals surface area (Å²) in [7, 11) is -4.20. The minimum atomic E-state index is -4.20. The fourth-order valence-electron chi connectivity index (χ4n) is 6.49. The number of pyridine rings is 3. The minimum absolute atomic E-state index is 0.298. The molecule has 7 nitrogen and oxygen atoms in total. The van der Waals surface area contributed by atoms with Gasteiger partial charge in [-0.2, -0.15) is 0 Å². The van der Waals surface area contributed by atoms with Crippen molar-refractivity contribution >= 4 is 10.1 Å². The Morgan fingerprint density at radius 3 is 1.85 bits per heavy atom. The van der Waals surface area contributed by atoms with Crippen LogP contribution in [-0.2, 0) is 23.2 Å². The van der Waals surface area contributed by atoms with Gasteiger partial charge in [0.25, 0.3) is 0 Å². The molecule has 0 aliphatic carbocycles. The lowest BCUT2D eigenvalue weighted by Crippen LogP contribution is -2.39. The molecule has 0 saturated carbocycles. The number of aromatic nitrogens is 3. The lowest BCUT2D eigenvalue weighted by molar-refractivity contribution is -0.703. The van der Waals surface area contributed by atoms with Gasteiger partial charge in [0.2, 0.25) is 0 Å². The van der Waals surface area contributed by atoms with Gasteiger partial charge in [0.05, 0.1) is 10.1 Å². The van der Waals surface area contributed by atoms with Crippen LogP contribution in [0.5, 0.6) is 0 Å². The molecule has 0 aliphatic rings. The molecule has 0 radical (unpaired) electrons. The molecule has 5 atom stereocenters. The predicted molar refractivity (Wildman–Crippen MR) is 180 cm³/mol. The van der Waals surface area contributed by atoms with Crippen LogP contribution in [0.1, 0.15) is 105 Å². The summed E-state index contributed by atoms with van der Waals surface area (Å²) in [6, 6.07) is 23.8. The van der Waals surface area contributed by atoms with Crippen molar-refractivity contribution in [1.82, 2.24) is 4.98 Å². The second-order valence-corrected chi connectivity index (χ2v) is 14.2. The van der Waals surface area contributed by atoms with Crippen LogP contribution in [0.4, 0.5) is 0 Å². The first kappa shape index (κ1) is 35.4. The summed E-state index contributed by atoms with van der Waals surface area (Å²) in [6.07, 6.45) is 16.6. The molecule has 0 spiro atoms. The summed E-state index contributed by atoms with van der Waals surface area (Å²) < 4.78 is 37.1. The number of hydrogen-bond donors (Lipinski definition) is 1. The largest absolute Gasteiger partial charge is 0.748 e. The third-order valence-electron chi connectivity index (χ3n) is 9.30. The highest BCUT2D eigenvalue weighted by atomic mass is 32.2. The van der Waals surface area contributed by atoms with Crippen molar-refractivity contribution in [2.24, 2.45) is 0 Å². The van der Waals surface area contributed by atoms with Crippen LogP contribution >= 0.6 is 0 Å². The molecule has 1 aromatic carbocycles. The van der Waals surface area contributed by atoms with Gasteiger partial charge < -0.3 is 9.66 Å². The highest BCUT2D eigenvalue weighted by Gasteiger charge is 2.26. The highest BCUT2D eigenvalue weighted by molar-refractivity contribution is 7.85. The molecule has 8 heteroatoms. The minimum Gasteiger partial charge on any atom is -0.748 e. The molecule has 246 valence electrons. The standard InChI is InChI=1S/C38H50N3O4S/c1-4-31(34-14-21-40(22-15-34)20-9-25-46(43,44)45)27-37(35-16-23-41(24-17-35)29-38(42)5-2)28-36(33-12-18-39-19-13-33)26-30(3)32-10-7-6-8-11-32/h6-8,10-19,21-24,30-31,36-38,42H,4-5,9,20,25-29H2,1-3H3/q+1. The zero-order valence-corrected chi connectivity index (χ0v) is 28.3. The SMILES string of the molecule is CCC(O)C[n+]1ccc(C(CC(CC)c2cc[n+](CCCS(=O)(=O)[O-])cc2)CC(CC(C)c2ccccc2)c2ccncc2)cc1. The molecule has 0 amide bonds. The molecular weight excluding hydrogens is 595 g/mol. The first-order chi connectivity index (χ1) is 22.1. The van der Waals surface area contributed by atoms with Gasteiger partial charge in [0.15, 0.2) is 31.3 Å². The number of benzene rings is 1. The van der Waals surface area contributed by atoms with E-state index in [1.807, 2.05) is 36.3 Å². The highest BCUT2D eigenvalue weighted by Crippen LogP contribution is 2.41. The van der Waals surface area contributed by atoms with Gasteiger partial charge in [-0.25, -0.2) is 17.6 Å². The zero-order chi connectivity index (χ0) is 32.9. The quantitative estimate of drug-likeness (QED) is 0.0999. The maximum atomic E-state index is 11.0. The number of nitrogens with zero attached hydrogens (tertiary/aromatic N) is 3. The van der Waals surface area contributed by atoms with E-state index < -0.39 is 10.1 Å². The van der Waals surface area contributed by atoms with Crippen LogP contribution in [0.15, 0.2) is 104 Å². The van der Waals surface area contributed by atoms with E-state index in [1.54, 1.807) is 0 Å². The molecule has 3 heterocycles. The van der Waals surface area contributed by atoms with E-state index in [0.29, 0.717) is 43.2 Å². The van der Waals surface area contributed by atoms with Crippen LogP contribution in [0.2, 0.25) is 0 Å². The van der Waals surface area contributed by atoms with Crippen molar-refractivity contribution in [3.63, 3.8) is 0 Å². The van der Waals surface area contributed by atoms with E-state index >= 15 is 0 Å². The fraction of sp³-hybridized carbons (Fsp3) is 0.447. The maximum Gasteiger partial charge on any atom is 0.174 e. The molecule has 0 fully saturated rings. The Hall–Kier alpha value is -3.46. The third-order valence-corrected chi connectivity index (χ3v) is 10.1. The molecule has 0 saturated heterocycles. The van der Waals surface area contributed by atoms with Gasteiger partial charge >= 0.3 is 0 Å². The Labute approximate surface area is 275 Å². The lowest BCUT2D eigenvalue weighted by atomic mass is 9.75. The molecule has 4 rings (SSSR count). The molecule has 4 aromatic rings. The molecule has 3 aromatic heterocycles. The van der Waals surface area contributed by atoms with Crippen LogP contribution in [0.25, 0.3) is 0 Å². The summed E-state index contributed by atoms with van der Waals surface area (Å²) in [5.74, 6) is 1.02. The zero-order valence-electron chi connectivity index (χ0n) is 27.5. The third kappa shape index (κ3) is 11.1. The molecule has 1 N–H and O–H groups in total. The van der Waals surface area contributed by atoms with Crippen LogP contribution in [-0.4, -0.2) is 34.9 Å². The van der Waals surface area contributed by atoms with Crippen molar-refractivity contribution in [3.8, 4) is 0 Å². The number of aliphatic hydroxyl groups is 1. The molecule has 5 unspecified atom stereocenters. The van der Waals surface area contributed by atoms with Gasteiger partial charge in [-0.3, -0.25) is 4.98 Å². The van der Waals surface area contributed by atoms with Crippen molar-refractivity contribution in [1.29, 1.82) is 0 Å². The average Bonchev–Trinajstić information content (AvgIpc) is 3.07. The first-order valence-electron chi connectivity index (χ1n) is 16.7. The van der Waals surface area contributed by atoms with Crippen LogP contribution in [0, 0.1) is 0 Å². The Balaban J connectivity index is 1.60. The number of hydrogen-bond acceptors (Lipinski definition) is 5. The van der Waals surface area contributed by atoms with Gasteiger partial charge in [0.1, 0.15) is 12.6 Å². The van der Waals surface area contributed by atoms with Crippen molar-refractivity contribution < 1.29 is 27.2 Å². The van der Waals surface area contributed by atoms with E-state index in [2.05, 4.69) is 103 Å². The van der Waals surface area contributed by atoms with E-state index in [9.17, 15) is 18.1 Å². The van der Waals surface area contributed by atoms with Gasteiger partial charge in [0, 0.05) is 48.8 Å². The molecule has 0 bridgehead atoms. The monoisotopic (exact) mass is 644 g/mol. The molecular formula is C38H50N3O4S+. The van der Waals surface area contributed by atoms with Crippen molar-refractivity contribution in [2.75, 3.05) is 5.75 Å². The van der Waals surface area contributed by atoms with E-state index in [-0.39, 0.29) is 11.9 Å². The average molecular weight is 645 g/mol. The Bertz CT molecular complexity index is 1550. The fourth-order valence-corrected chi connectivity index (χ4v) is 6.97. The Morgan fingerprint density at radius 2 is 1.26 bits per heavy atom. The summed E-state index contributed by atoms with van der Waals surface area (Å²) in [5.41, 5.74) is 5.23.